The lowest BCUT2D eigenvalue weighted by molar-refractivity contribution is -0.137. The monoisotopic (exact) mass is 355 g/mol. The summed E-state index contributed by atoms with van der Waals surface area (Å²) < 4.78 is 55.9. The second-order valence-electron chi connectivity index (χ2n) is 5.95. The van der Waals surface area contributed by atoms with Crippen LogP contribution >= 0.6 is 0 Å². The largest absolute Gasteiger partial charge is 0.417 e. The standard InChI is InChI=1S/C21H13F4N/c22-14-10-11-17-18(16-8-4-5-9-19(16)21(23,24)25)13-26(20(17)12-14)15-6-2-1-3-7-15/h1-13H. The molecule has 0 amide bonds. The zero-order valence-corrected chi connectivity index (χ0v) is 13.5. The Morgan fingerprint density at radius 2 is 1.42 bits per heavy atom. The lowest BCUT2D eigenvalue weighted by Crippen LogP contribution is -2.06. The number of fused-ring (bicyclic) bond motifs is 1. The highest BCUT2D eigenvalue weighted by Crippen LogP contribution is 2.40. The first-order valence-electron chi connectivity index (χ1n) is 7.98. The van der Waals surface area contributed by atoms with Crippen molar-refractivity contribution in [1.82, 2.24) is 4.57 Å². The third kappa shape index (κ3) is 2.75. The van der Waals surface area contributed by atoms with E-state index in [2.05, 4.69) is 0 Å². The number of rotatable bonds is 2. The van der Waals surface area contributed by atoms with Crippen LogP contribution in [0.2, 0.25) is 0 Å². The SMILES string of the molecule is Fc1ccc2c(-c3ccccc3C(F)(F)F)cn(-c3ccccc3)c2c1. The van der Waals surface area contributed by atoms with E-state index in [-0.39, 0.29) is 5.56 Å². The summed E-state index contributed by atoms with van der Waals surface area (Å²) >= 11 is 0. The van der Waals surface area contributed by atoms with Crippen LogP contribution in [0.1, 0.15) is 5.56 Å². The van der Waals surface area contributed by atoms with Crippen molar-refractivity contribution in [2.75, 3.05) is 0 Å². The Bertz CT molecular complexity index is 1080. The molecule has 0 aliphatic rings. The maximum Gasteiger partial charge on any atom is 0.417 e. The maximum absolute atomic E-state index is 13.8. The average Bonchev–Trinajstić information content (AvgIpc) is 3.00. The highest BCUT2D eigenvalue weighted by atomic mass is 19.4. The summed E-state index contributed by atoms with van der Waals surface area (Å²) in [5.41, 5.74) is 1.04. The predicted octanol–water partition coefficient (Wildman–Crippen LogP) is 6.46. The summed E-state index contributed by atoms with van der Waals surface area (Å²) in [6, 6.07) is 18.7. The van der Waals surface area contributed by atoms with Crippen LogP contribution in [-0.4, -0.2) is 4.57 Å². The quantitative estimate of drug-likeness (QED) is 0.364. The first-order chi connectivity index (χ1) is 12.4. The van der Waals surface area contributed by atoms with Crippen LogP contribution in [0.4, 0.5) is 17.6 Å². The van der Waals surface area contributed by atoms with Crippen molar-refractivity contribution in [2.24, 2.45) is 0 Å². The molecule has 0 aliphatic heterocycles. The zero-order chi connectivity index (χ0) is 18.3. The van der Waals surface area contributed by atoms with Crippen molar-refractivity contribution in [3.05, 3.63) is 90.4 Å². The molecular weight excluding hydrogens is 342 g/mol. The summed E-state index contributed by atoms with van der Waals surface area (Å²) in [6.45, 7) is 0. The third-order valence-electron chi connectivity index (χ3n) is 4.32. The van der Waals surface area contributed by atoms with Gasteiger partial charge in [0, 0.05) is 22.8 Å². The van der Waals surface area contributed by atoms with E-state index in [0.29, 0.717) is 16.5 Å². The van der Waals surface area contributed by atoms with E-state index in [1.54, 1.807) is 16.8 Å². The first-order valence-corrected chi connectivity index (χ1v) is 7.98. The number of nitrogens with zero attached hydrogens (tertiary/aromatic N) is 1. The Morgan fingerprint density at radius 1 is 0.731 bits per heavy atom. The Labute approximate surface area is 147 Å². The van der Waals surface area contributed by atoms with Gasteiger partial charge in [-0.15, -0.1) is 0 Å². The van der Waals surface area contributed by atoms with E-state index in [4.69, 9.17) is 0 Å². The van der Waals surface area contributed by atoms with Crippen LogP contribution in [0.25, 0.3) is 27.7 Å². The number of alkyl halides is 3. The molecule has 0 saturated heterocycles. The molecule has 0 bridgehead atoms. The van der Waals surface area contributed by atoms with Crippen LogP contribution in [0.3, 0.4) is 0 Å². The molecule has 0 atom stereocenters. The van der Waals surface area contributed by atoms with Gasteiger partial charge in [0.15, 0.2) is 0 Å². The zero-order valence-electron chi connectivity index (χ0n) is 13.5. The molecule has 0 radical (unpaired) electrons. The molecule has 0 N–H and O–H groups in total. The van der Waals surface area contributed by atoms with Gasteiger partial charge in [0.2, 0.25) is 0 Å². The van der Waals surface area contributed by atoms with Gasteiger partial charge >= 0.3 is 6.18 Å². The van der Waals surface area contributed by atoms with E-state index in [1.165, 1.54) is 30.3 Å². The van der Waals surface area contributed by atoms with Crippen molar-refractivity contribution >= 4 is 10.9 Å². The number of hydrogen-bond donors (Lipinski definition) is 0. The van der Waals surface area contributed by atoms with Gasteiger partial charge in [-0.05, 0) is 42.0 Å². The highest BCUT2D eigenvalue weighted by Gasteiger charge is 2.34. The average molecular weight is 355 g/mol. The van der Waals surface area contributed by atoms with Crippen molar-refractivity contribution in [3.63, 3.8) is 0 Å². The predicted molar refractivity (Wildman–Crippen MR) is 93.7 cm³/mol. The van der Waals surface area contributed by atoms with Crippen LogP contribution in [0, 0.1) is 5.82 Å². The van der Waals surface area contributed by atoms with Gasteiger partial charge < -0.3 is 4.57 Å². The molecule has 1 aromatic heterocycles. The Hall–Kier alpha value is -3.08. The van der Waals surface area contributed by atoms with Gasteiger partial charge in [-0.2, -0.15) is 13.2 Å². The summed E-state index contributed by atoms with van der Waals surface area (Å²) in [6.07, 6.45) is -2.85. The second-order valence-corrected chi connectivity index (χ2v) is 5.95. The van der Waals surface area contributed by atoms with E-state index in [1.807, 2.05) is 30.3 Å². The topological polar surface area (TPSA) is 4.93 Å². The fourth-order valence-corrected chi connectivity index (χ4v) is 3.18. The molecule has 1 heterocycles. The van der Waals surface area contributed by atoms with Crippen molar-refractivity contribution < 1.29 is 17.6 Å². The summed E-state index contributed by atoms with van der Waals surface area (Å²) in [5, 5.41) is 0.562. The third-order valence-corrected chi connectivity index (χ3v) is 4.32. The molecule has 26 heavy (non-hydrogen) atoms. The van der Waals surface area contributed by atoms with Gasteiger partial charge in [-0.3, -0.25) is 0 Å². The molecule has 4 rings (SSSR count). The van der Waals surface area contributed by atoms with Gasteiger partial charge in [0.1, 0.15) is 5.82 Å². The molecule has 4 aromatic rings. The molecule has 0 saturated carbocycles. The Balaban J connectivity index is 2.05. The minimum Gasteiger partial charge on any atom is -0.316 e. The summed E-state index contributed by atoms with van der Waals surface area (Å²) in [5.74, 6) is -0.441. The lowest BCUT2D eigenvalue weighted by Gasteiger charge is -2.12. The molecule has 3 aromatic carbocycles. The maximum atomic E-state index is 13.8. The normalized spacial score (nSPS) is 11.8. The van der Waals surface area contributed by atoms with Crippen molar-refractivity contribution in [1.29, 1.82) is 0 Å². The molecule has 0 aliphatic carbocycles. The first kappa shape index (κ1) is 16.4. The number of halogens is 4. The minimum absolute atomic E-state index is 0.0753. The van der Waals surface area contributed by atoms with Gasteiger partial charge in [0.05, 0.1) is 11.1 Å². The Morgan fingerprint density at radius 3 is 2.15 bits per heavy atom. The smallest absolute Gasteiger partial charge is 0.316 e. The molecule has 0 unspecified atom stereocenters. The molecule has 130 valence electrons. The fraction of sp³-hybridized carbons (Fsp3) is 0.0476. The van der Waals surface area contributed by atoms with Gasteiger partial charge in [0.25, 0.3) is 0 Å². The molecule has 0 fully saturated rings. The highest BCUT2D eigenvalue weighted by molar-refractivity contribution is 5.98. The number of para-hydroxylation sites is 1. The van der Waals surface area contributed by atoms with E-state index in [0.717, 1.165) is 11.8 Å². The number of hydrogen-bond acceptors (Lipinski definition) is 0. The van der Waals surface area contributed by atoms with Crippen LogP contribution < -0.4 is 0 Å². The van der Waals surface area contributed by atoms with Crippen LogP contribution in [-0.2, 0) is 6.18 Å². The second kappa shape index (κ2) is 6.02. The van der Waals surface area contributed by atoms with E-state index < -0.39 is 17.6 Å². The summed E-state index contributed by atoms with van der Waals surface area (Å²) in [7, 11) is 0. The van der Waals surface area contributed by atoms with Crippen molar-refractivity contribution in [3.8, 4) is 16.8 Å². The fourth-order valence-electron chi connectivity index (χ4n) is 3.18. The van der Waals surface area contributed by atoms with E-state index >= 15 is 0 Å². The Kier molecular flexibility index (Phi) is 3.80. The molecule has 1 nitrogen and oxygen atoms in total. The molecule has 5 heteroatoms. The van der Waals surface area contributed by atoms with Crippen molar-refractivity contribution in [2.45, 2.75) is 6.18 Å². The van der Waals surface area contributed by atoms with E-state index in [9.17, 15) is 17.6 Å². The lowest BCUT2D eigenvalue weighted by atomic mass is 9.99. The number of aromatic nitrogens is 1. The van der Waals surface area contributed by atoms with Gasteiger partial charge in [-0.25, -0.2) is 4.39 Å². The summed E-state index contributed by atoms with van der Waals surface area (Å²) in [4.78, 5) is 0. The number of benzene rings is 3. The van der Waals surface area contributed by atoms with Crippen LogP contribution in [0.5, 0.6) is 0 Å². The minimum atomic E-state index is -4.47. The van der Waals surface area contributed by atoms with Crippen LogP contribution in [0.15, 0.2) is 79.0 Å². The molecule has 0 spiro atoms. The molecular formula is C21H13F4N. The van der Waals surface area contributed by atoms with Gasteiger partial charge in [-0.1, -0.05) is 36.4 Å².